The average molecular weight is 806 g/mol. The second kappa shape index (κ2) is 17.3. The van der Waals surface area contributed by atoms with Gasteiger partial charge < -0.3 is 19.8 Å². The number of nitrogens with zero attached hydrogens (tertiary/aromatic N) is 3. The summed E-state index contributed by atoms with van der Waals surface area (Å²) in [6.07, 6.45) is 17.2. The number of para-hydroxylation sites is 1. The highest BCUT2D eigenvalue weighted by Gasteiger charge is 2.46. The number of allylic oxidation sites excluding steroid dienone is 6. The molecule has 0 amide bonds. The molecule has 0 bridgehead atoms. The van der Waals surface area contributed by atoms with E-state index in [0.29, 0.717) is 4.88 Å². The van der Waals surface area contributed by atoms with Crippen LogP contribution in [0.3, 0.4) is 0 Å². The fraction of sp³-hybridized carbons (Fsp3) is 0.426. The van der Waals surface area contributed by atoms with Gasteiger partial charge in [-0.3, -0.25) is 9.36 Å². The number of hydrogen-bond acceptors (Lipinski definition) is 6. The summed E-state index contributed by atoms with van der Waals surface area (Å²) in [7, 11) is -4.68. The summed E-state index contributed by atoms with van der Waals surface area (Å²) in [5, 5.41) is 22.7. The highest BCUT2D eigenvalue weighted by atomic mass is 32.1. The number of anilines is 1. The van der Waals surface area contributed by atoms with Crippen molar-refractivity contribution in [3.8, 4) is 16.5 Å². The van der Waals surface area contributed by atoms with Gasteiger partial charge in [-0.05, 0) is 80.8 Å². The lowest BCUT2D eigenvalue weighted by Crippen LogP contribution is -2.35. The predicted molar refractivity (Wildman–Crippen MR) is 231 cm³/mol. The Kier molecular flexibility index (Phi) is 12.8. The molecule has 0 saturated carbocycles. The zero-order valence-electron chi connectivity index (χ0n) is 34.2. The minimum atomic E-state index is -4.68. The van der Waals surface area contributed by atoms with Crippen LogP contribution >= 0.6 is 18.9 Å². The highest BCUT2D eigenvalue weighted by molar-refractivity contribution is 7.57. The van der Waals surface area contributed by atoms with E-state index >= 15 is 0 Å². The molecule has 2 aromatic carbocycles. The van der Waals surface area contributed by atoms with Gasteiger partial charge >= 0.3 is 7.60 Å². The maximum Gasteiger partial charge on any atom is 0.366 e. The minimum absolute atomic E-state index is 0.218. The maximum absolute atomic E-state index is 14.0. The van der Waals surface area contributed by atoms with Gasteiger partial charge in [-0.1, -0.05) is 96.1 Å². The highest BCUT2D eigenvalue weighted by Crippen LogP contribution is 2.50. The molecule has 6 rings (SSSR count). The molecule has 0 fully saturated rings. The van der Waals surface area contributed by atoms with Gasteiger partial charge in [-0.2, -0.15) is 9.84 Å². The SMILES string of the molecule is CCCCCCCCCCCC[N+]1=C(/C=C2/C(=O)C(/C=C3/N(CC)c4ccccc4C3(C)C)=C2[O-])C(C)(C)c2cc(-c3ccc(/C=C(/C#N)P(=O)(O)O)s3)ccc21. The molecular weight excluding hydrogens is 750 g/mol. The smallest absolute Gasteiger partial charge is 0.366 e. The van der Waals surface area contributed by atoms with Crippen LogP contribution in [0, 0.1) is 11.3 Å². The summed E-state index contributed by atoms with van der Waals surface area (Å²) in [4.78, 5) is 36.8. The number of likely N-dealkylation sites (N-methyl/N-ethyl adjacent to an activating group) is 1. The number of rotatable bonds is 17. The average Bonchev–Trinajstić information content (AvgIpc) is 3.80. The molecule has 10 heteroatoms. The van der Waals surface area contributed by atoms with Crippen molar-refractivity contribution in [1.82, 2.24) is 0 Å². The van der Waals surface area contributed by atoms with Crippen LogP contribution in [0.25, 0.3) is 16.5 Å². The molecule has 0 unspecified atom stereocenters. The van der Waals surface area contributed by atoms with Crippen molar-refractivity contribution in [2.45, 2.75) is 117 Å². The quantitative estimate of drug-likeness (QED) is 0.0457. The van der Waals surface area contributed by atoms with E-state index in [1.54, 1.807) is 12.1 Å². The Hall–Kier alpha value is -4.32. The van der Waals surface area contributed by atoms with Gasteiger partial charge in [0, 0.05) is 68.4 Å². The topological polar surface area (TPSA) is 128 Å². The third-order valence-electron chi connectivity index (χ3n) is 11.9. The molecule has 2 N–H and O–H groups in total. The Bertz CT molecular complexity index is 2290. The number of carbonyl (C=O) groups is 1. The molecule has 3 aliphatic rings. The van der Waals surface area contributed by atoms with E-state index in [4.69, 9.17) is 0 Å². The van der Waals surface area contributed by atoms with Crippen molar-refractivity contribution in [1.29, 1.82) is 5.26 Å². The van der Waals surface area contributed by atoms with Crippen LogP contribution in [0.15, 0.2) is 94.7 Å². The Balaban J connectivity index is 1.31. The zero-order valence-corrected chi connectivity index (χ0v) is 35.9. The van der Waals surface area contributed by atoms with E-state index in [0.717, 1.165) is 64.7 Å². The molecular formula is C47H56N3O5PS. The van der Waals surface area contributed by atoms with E-state index in [9.17, 15) is 29.5 Å². The fourth-order valence-electron chi connectivity index (χ4n) is 8.60. The van der Waals surface area contributed by atoms with Gasteiger partial charge in [0.1, 0.15) is 17.9 Å². The van der Waals surface area contributed by atoms with Crippen molar-refractivity contribution in [2.24, 2.45) is 0 Å². The van der Waals surface area contributed by atoms with Crippen molar-refractivity contribution < 1.29 is 28.8 Å². The number of unbranched alkanes of at least 4 members (excludes halogenated alkanes) is 9. The summed E-state index contributed by atoms with van der Waals surface area (Å²) >= 11 is 1.35. The van der Waals surface area contributed by atoms with Crippen LogP contribution < -0.4 is 10.0 Å². The predicted octanol–water partition coefficient (Wildman–Crippen LogP) is 10.6. The summed E-state index contributed by atoms with van der Waals surface area (Å²) in [6, 6.07) is 19.8. The number of thiophene rings is 1. The van der Waals surface area contributed by atoms with Gasteiger partial charge in [0.25, 0.3) is 0 Å². The summed E-state index contributed by atoms with van der Waals surface area (Å²) in [6.45, 7) is 14.4. The second-order valence-electron chi connectivity index (χ2n) is 16.5. The van der Waals surface area contributed by atoms with Gasteiger partial charge in [-0.25, -0.2) is 0 Å². The first-order valence-electron chi connectivity index (χ1n) is 20.5. The van der Waals surface area contributed by atoms with E-state index in [1.807, 2.05) is 36.4 Å². The zero-order chi connectivity index (χ0) is 41.1. The molecule has 3 heterocycles. The van der Waals surface area contributed by atoms with E-state index in [2.05, 4.69) is 75.3 Å². The van der Waals surface area contributed by atoms with Crippen LogP contribution in [-0.4, -0.2) is 38.9 Å². The Morgan fingerprint density at radius 2 is 1.56 bits per heavy atom. The Morgan fingerprint density at radius 1 is 0.895 bits per heavy atom. The van der Waals surface area contributed by atoms with Crippen LogP contribution in [0.1, 0.15) is 122 Å². The van der Waals surface area contributed by atoms with Gasteiger partial charge in [-0.15, -0.1) is 11.3 Å². The monoisotopic (exact) mass is 805 g/mol. The number of Topliss-reactive ketones (excluding diaryl/α,β-unsaturated/α-hetero) is 1. The van der Waals surface area contributed by atoms with Crippen LogP contribution in [-0.2, 0) is 20.2 Å². The van der Waals surface area contributed by atoms with Crippen molar-refractivity contribution in [3.63, 3.8) is 0 Å². The molecule has 57 heavy (non-hydrogen) atoms. The third-order valence-corrected chi connectivity index (χ3v) is 13.8. The normalized spacial score (nSPS) is 18.8. The first kappa shape index (κ1) is 42.3. The lowest BCUT2D eigenvalue weighted by molar-refractivity contribution is -0.438. The molecule has 3 aromatic rings. The summed E-state index contributed by atoms with van der Waals surface area (Å²) in [5.74, 6) is -0.444. The Morgan fingerprint density at radius 3 is 2.19 bits per heavy atom. The number of ketones is 1. The van der Waals surface area contributed by atoms with E-state index in [-0.39, 0.29) is 28.1 Å². The van der Waals surface area contributed by atoms with Gasteiger partial charge in [0.05, 0.1) is 5.41 Å². The van der Waals surface area contributed by atoms with Gasteiger partial charge in [0.15, 0.2) is 11.5 Å². The second-order valence-corrected chi connectivity index (χ2v) is 19.2. The van der Waals surface area contributed by atoms with Crippen LogP contribution in [0.2, 0.25) is 0 Å². The van der Waals surface area contributed by atoms with E-state index in [1.165, 1.54) is 74.3 Å². The standard InChI is InChI=1S/C47H56N3O5PS/c1-7-9-10-11-12-13-14-15-16-19-26-50-40-24-22-32(41-25-23-34(57-41)28-33(31-48)56(53,54)55)27-38(40)47(5,6)43(50)30-36-44(51)35(45(36)52)29-42-46(3,4)37-20-17-18-21-39(37)49(42)8-2/h17-18,20-25,27-30H,7-16,19,26H2,1-6H3,(H2-,51,52,53,54,55)/b33-28-. The maximum atomic E-state index is 14.0. The van der Waals surface area contributed by atoms with Crippen LogP contribution in [0.5, 0.6) is 0 Å². The lowest BCUT2D eigenvalue weighted by Gasteiger charge is -2.32. The van der Waals surface area contributed by atoms with Gasteiger partial charge in [0.2, 0.25) is 5.69 Å². The Labute approximate surface area is 342 Å². The largest absolute Gasteiger partial charge is 0.871 e. The number of benzene rings is 2. The first-order chi connectivity index (χ1) is 27.1. The minimum Gasteiger partial charge on any atom is -0.871 e. The molecule has 2 aliphatic heterocycles. The molecule has 300 valence electrons. The van der Waals surface area contributed by atoms with Crippen molar-refractivity contribution in [2.75, 3.05) is 18.0 Å². The number of hydrogen-bond donors (Lipinski definition) is 2. The molecule has 0 spiro atoms. The number of carbonyl (C=O) groups excluding carboxylic acids is 1. The van der Waals surface area contributed by atoms with E-state index < -0.39 is 18.3 Å². The molecule has 1 aliphatic carbocycles. The molecule has 0 radical (unpaired) electrons. The summed E-state index contributed by atoms with van der Waals surface area (Å²) < 4.78 is 14.1. The molecule has 1 aromatic heterocycles. The summed E-state index contributed by atoms with van der Waals surface area (Å²) in [5.41, 5.74) is 6.79. The number of nitriles is 1. The lowest BCUT2D eigenvalue weighted by atomic mass is 9.77. The van der Waals surface area contributed by atoms with Crippen molar-refractivity contribution in [3.05, 3.63) is 111 Å². The fourth-order valence-corrected chi connectivity index (χ4v) is 10.1. The molecule has 0 saturated heterocycles. The van der Waals surface area contributed by atoms with Crippen molar-refractivity contribution >= 4 is 47.9 Å². The number of fused-ring (bicyclic) bond motifs is 2. The third kappa shape index (κ3) is 8.47. The first-order valence-corrected chi connectivity index (χ1v) is 22.9. The van der Waals surface area contributed by atoms with Crippen LogP contribution in [0.4, 0.5) is 11.4 Å². The molecule has 8 nitrogen and oxygen atoms in total. The molecule has 0 atom stereocenters.